The van der Waals surface area contributed by atoms with Crippen LogP contribution in [0.3, 0.4) is 0 Å². The van der Waals surface area contributed by atoms with Crippen LogP contribution >= 0.6 is 0 Å². The van der Waals surface area contributed by atoms with Crippen molar-refractivity contribution in [3.05, 3.63) is 263 Å². The summed E-state index contributed by atoms with van der Waals surface area (Å²) >= 11 is 0. The van der Waals surface area contributed by atoms with Gasteiger partial charge in [-0.2, -0.15) is 0 Å². The lowest BCUT2D eigenvalue weighted by Crippen LogP contribution is -2.29. The molecule has 62 heavy (non-hydrogen) atoms. The molecule has 0 fully saturated rings. The van der Waals surface area contributed by atoms with Gasteiger partial charge in [0.15, 0.2) is 5.78 Å². The molecule has 10 aromatic rings. The summed E-state index contributed by atoms with van der Waals surface area (Å²) in [5.41, 5.74) is 17.6. The normalized spacial score (nSPS) is 14.0. The highest BCUT2D eigenvalue weighted by Gasteiger charge is 2.49. The molecule has 0 amide bonds. The van der Waals surface area contributed by atoms with E-state index in [-0.39, 0.29) is 11.2 Å². The van der Waals surface area contributed by atoms with Crippen molar-refractivity contribution in [2.45, 2.75) is 24.7 Å². The quantitative estimate of drug-likeness (QED) is 0.121. The highest BCUT2D eigenvalue weighted by atomic mass is 16.1. The lowest BCUT2D eigenvalue weighted by atomic mass is 9.67. The van der Waals surface area contributed by atoms with Crippen molar-refractivity contribution in [3.63, 3.8) is 0 Å². The minimum atomic E-state index is -0.690. The van der Waals surface area contributed by atoms with Gasteiger partial charge in [0.05, 0.1) is 5.41 Å². The smallest absolute Gasteiger partial charge is 0.193 e. The van der Waals surface area contributed by atoms with Gasteiger partial charge in [-0.15, -0.1) is 0 Å². The predicted molar refractivity (Wildman–Crippen MR) is 257 cm³/mol. The zero-order chi connectivity index (χ0) is 41.6. The van der Waals surface area contributed by atoms with Crippen molar-refractivity contribution in [1.29, 1.82) is 0 Å². The summed E-state index contributed by atoms with van der Waals surface area (Å²) in [5, 5.41) is 5.09. The molecular weight excluding hydrogens is 749 g/mol. The SMILES string of the molecule is CC1(C)c2cc3c(cc2-c2c1c1cc(-c4ccccc4)ccc1c1ccc(-c4ccccc4)cc21)C(c1ccccc1)(c1ccccc1)c1cc(C(=O)c2ccccc2)ccc1-3. The van der Waals surface area contributed by atoms with Gasteiger partial charge in [-0.05, 0) is 130 Å². The van der Waals surface area contributed by atoms with Crippen LogP contribution in [0.5, 0.6) is 0 Å². The van der Waals surface area contributed by atoms with E-state index in [1.165, 1.54) is 93.9 Å². The number of benzene rings is 10. The average molecular weight is 791 g/mol. The first-order valence-corrected chi connectivity index (χ1v) is 21.6. The van der Waals surface area contributed by atoms with Crippen LogP contribution in [0.2, 0.25) is 0 Å². The molecule has 10 aromatic carbocycles. The average Bonchev–Trinajstić information content (AvgIpc) is 3.76. The lowest BCUT2D eigenvalue weighted by molar-refractivity contribution is 0.103. The van der Waals surface area contributed by atoms with E-state index in [1.807, 2.05) is 36.4 Å². The first-order valence-electron chi connectivity index (χ1n) is 21.6. The van der Waals surface area contributed by atoms with Crippen LogP contribution in [0.4, 0.5) is 0 Å². The Morgan fingerprint density at radius 2 is 0.839 bits per heavy atom. The summed E-state index contributed by atoms with van der Waals surface area (Å²) in [7, 11) is 0. The molecule has 0 heterocycles. The second kappa shape index (κ2) is 13.7. The molecule has 0 atom stereocenters. The maximum absolute atomic E-state index is 14.3. The second-order valence-electron chi connectivity index (χ2n) is 17.5. The molecular formula is C61H42O. The number of carbonyl (C=O) groups excluding carboxylic acids is 1. The monoisotopic (exact) mass is 790 g/mol. The number of hydrogen-bond acceptors (Lipinski definition) is 1. The van der Waals surface area contributed by atoms with E-state index in [9.17, 15) is 4.79 Å². The molecule has 2 aliphatic rings. The molecule has 0 aliphatic heterocycles. The lowest BCUT2D eigenvalue weighted by Gasteiger charge is -2.34. The van der Waals surface area contributed by atoms with Gasteiger partial charge in [-0.25, -0.2) is 0 Å². The molecule has 1 heteroatoms. The molecule has 2 aliphatic carbocycles. The van der Waals surface area contributed by atoms with Gasteiger partial charge >= 0.3 is 0 Å². The Morgan fingerprint density at radius 1 is 0.355 bits per heavy atom. The third-order valence-corrected chi connectivity index (χ3v) is 13.9. The van der Waals surface area contributed by atoms with Gasteiger partial charge in [-0.3, -0.25) is 4.79 Å². The molecule has 0 saturated heterocycles. The summed E-state index contributed by atoms with van der Waals surface area (Å²) < 4.78 is 0. The summed E-state index contributed by atoms with van der Waals surface area (Å²) in [6.07, 6.45) is 0. The number of fused-ring (bicyclic) bond motifs is 11. The van der Waals surface area contributed by atoms with Crippen molar-refractivity contribution in [2.75, 3.05) is 0 Å². The van der Waals surface area contributed by atoms with Crippen LogP contribution in [0.1, 0.15) is 63.1 Å². The Hall–Kier alpha value is -7.61. The Bertz CT molecular complexity index is 3360. The number of carbonyl (C=O) groups is 1. The second-order valence-corrected chi connectivity index (χ2v) is 17.5. The Balaban J connectivity index is 1.20. The summed E-state index contributed by atoms with van der Waals surface area (Å²) in [6, 6.07) is 78.7. The van der Waals surface area contributed by atoms with Crippen molar-refractivity contribution in [1.82, 2.24) is 0 Å². The van der Waals surface area contributed by atoms with E-state index in [2.05, 4.69) is 196 Å². The molecule has 0 radical (unpaired) electrons. The van der Waals surface area contributed by atoms with Gasteiger partial charge < -0.3 is 0 Å². The number of rotatable bonds is 6. The number of hydrogen-bond donors (Lipinski definition) is 0. The standard InChI is InChI=1S/C61H42O/c1-60(2)54-37-50-49-33-30-44(59(62)41-22-12-5-13-23-41)36-55(49)61(45-24-14-6-15-25-45,46-26-16-7-17-27-46)56(50)38-53(54)57-51-34-42(39-18-8-3-9-19-39)28-31-47(51)48-32-29-43(35-52(48)58(57)60)40-20-10-4-11-21-40/h3-38H,1-2H3. The van der Waals surface area contributed by atoms with Crippen LogP contribution < -0.4 is 0 Å². The fraction of sp³-hybridized carbons (Fsp3) is 0.0656. The van der Waals surface area contributed by atoms with Gasteiger partial charge in [0.2, 0.25) is 0 Å². The fourth-order valence-electron chi connectivity index (χ4n) is 11.1. The zero-order valence-electron chi connectivity index (χ0n) is 34.7. The maximum Gasteiger partial charge on any atom is 0.193 e. The van der Waals surface area contributed by atoms with E-state index >= 15 is 0 Å². The first-order chi connectivity index (χ1) is 30.4. The van der Waals surface area contributed by atoms with Crippen LogP contribution in [0.15, 0.2) is 218 Å². The minimum Gasteiger partial charge on any atom is -0.289 e. The molecule has 0 saturated carbocycles. The van der Waals surface area contributed by atoms with Crippen LogP contribution in [0, 0.1) is 0 Å². The Kier molecular flexibility index (Phi) is 8.02. The Labute approximate surface area is 362 Å². The summed E-state index contributed by atoms with van der Waals surface area (Å²) in [6.45, 7) is 4.84. The fourth-order valence-corrected chi connectivity index (χ4v) is 11.1. The maximum atomic E-state index is 14.3. The van der Waals surface area contributed by atoms with Crippen molar-refractivity contribution in [3.8, 4) is 44.5 Å². The molecule has 292 valence electrons. The predicted octanol–water partition coefficient (Wildman–Crippen LogP) is 15.2. The van der Waals surface area contributed by atoms with Crippen molar-refractivity contribution >= 4 is 27.3 Å². The van der Waals surface area contributed by atoms with Crippen molar-refractivity contribution in [2.24, 2.45) is 0 Å². The van der Waals surface area contributed by atoms with Gasteiger partial charge in [0, 0.05) is 16.5 Å². The minimum absolute atomic E-state index is 0.0272. The molecule has 0 spiro atoms. The number of ketones is 1. The molecule has 1 nitrogen and oxygen atoms in total. The summed E-state index contributed by atoms with van der Waals surface area (Å²) in [4.78, 5) is 14.3. The van der Waals surface area contributed by atoms with Crippen LogP contribution in [-0.4, -0.2) is 5.78 Å². The first kappa shape index (κ1) is 36.3. The molecule has 0 N–H and O–H groups in total. The Morgan fingerprint density at radius 3 is 1.42 bits per heavy atom. The molecule has 0 bridgehead atoms. The van der Waals surface area contributed by atoms with Crippen LogP contribution in [0.25, 0.3) is 66.1 Å². The summed E-state index contributed by atoms with van der Waals surface area (Å²) in [5.74, 6) is 0.0272. The molecule has 12 rings (SSSR count). The third kappa shape index (κ3) is 5.18. The van der Waals surface area contributed by atoms with E-state index < -0.39 is 5.41 Å². The van der Waals surface area contributed by atoms with E-state index in [0.29, 0.717) is 11.1 Å². The highest BCUT2D eigenvalue weighted by molar-refractivity contribution is 6.20. The highest BCUT2D eigenvalue weighted by Crippen LogP contribution is 2.62. The van der Waals surface area contributed by atoms with E-state index in [4.69, 9.17) is 0 Å². The van der Waals surface area contributed by atoms with Gasteiger partial charge in [0.1, 0.15) is 0 Å². The van der Waals surface area contributed by atoms with Gasteiger partial charge in [-0.1, -0.05) is 202 Å². The van der Waals surface area contributed by atoms with Gasteiger partial charge in [0.25, 0.3) is 0 Å². The largest absolute Gasteiger partial charge is 0.289 e. The molecule has 0 aromatic heterocycles. The topological polar surface area (TPSA) is 17.1 Å². The third-order valence-electron chi connectivity index (χ3n) is 13.9. The molecule has 0 unspecified atom stereocenters. The van der Waals surface area contributed by atoms with E-state index in [1.54, 1.807) is 0 Å². The van der Waals surface area contributed by atoms with Crippen LogP contribution in [-0.2, 0) is 10.8 Å². The van der Waals surface area contributed by atoms with Crippen molar-refractivity contribution < 1.29 is 4.79 Å². The zero-order valence-corrected chi connectivity index (χ0v) is 34.7. The van der Waals surface area contributed by atoms with E-state index in [0.717, 1.165) is 5.56 Å².